The van der Waals surface area contributed by atoms with Gasteiger partial charge in [-0.05, 0) is 17.0 Å². The van der Waals surface area contributed by atoms with E-state index in [0.717, 1.165) is 11.3 Å². The number of carbonyl (C=O) groups excluding carboxylic acids is 1. The number of benzene rings is 1. The van der Waals surface area contributed by atoms with Gasteiger partial charge in [0.05, 0.1) is 11.6 Å². The van der Waals surface area contributed by atoms with Gasteiger partial charge in [-0.2, -0.15) is 0 Å². The van der Waals surface area contributed by atoms with E-state index in [-0.39, 0.29) is 11.3 Å². The maximum atomic E-state index is 12.4. The number of thiazole rings is 1. The maximum absolute atomic E-state index is 12.4. The molecule has 1 N–H and O–H groups in total. The predicted molar refractivity (Wildman–Crippen MR) is 84.8 cm³/mol. The Morgan fingerprint density at radius 1 is 1.35 bits per heavy atom. The quantitative estimate of drug-likeness (QED) is 0.852. The molecule has 0 bridgehead atoms. The number of nitrogens with one attached hydrogen (secondary N) is 1. The van der Waals surface area contributed by atoms with Gasteiger partial charge in [-0.25, -0.2) is 4.98 Å². The van der Waals surface area contributed by atoms with E-state index in [1.807, 2.05) is 29.6 Å². The summed E-state index contributed by atoms with van der Waals surface area (Å²) in [6, 6.07) is 7.65. The summed E-state index contributed by atoms with van der Waals surface area (Å²) < 4.78 is 0. The van der Waals surface area contributed by atoms with E-state index in [1.165, 1.54) is 11.3 Å². The molecule has 20 heavy (non-hydrogen) atoms. The van der Waals surface area contributed by atoms with Gasteiger partial charge >= 0.3 is 0 Å². The fourth-order valence-electron chi connectivity index (χ4n) is 1.93. The molecular weight excluding hydrogens is 292 g/mol. The van der Waals surface area contributed by atoms with Crippen LogP contribution in [-0.4, -0.2) is 10.9 Å². The Hall–Kier alpha value is -1.39. The molecular formula is C15H17ClN2OS. The van der Waals surface area contributed by atoms with Gasteiger partial charge in [0.25, 0.3) is 5.91 Å². The third kappa shape index (κ3) is 3.38. The van der Waals surface area contributed by atoms with E-state index in [4.69, 9.17) is 11.6 Å². The fourth-order valence-corrected chi connectivity index (χ4v) is 2.86. The number of aromatic nitrogens is 1. The van der Waals surface area contributed by atoms with Crippen molar-refractivity contribution in [2.45, 2.75) is 32.1 Å². The van der Waals surface area contributed by atoms with Crippen LogP contribution in [-0.2, 0) is 11.3 Å². The molecule has 0 saturated heterocycles. The molecule has 2 rings (SSSR count). The third-order valence-electron chi connectivity index (χ3n) is 2.89. The number of nitrogens with zero attached hydrogens (tertiary/aromatic N) is 1. The van der Waals surface area contributed by atoms with Crippen LogP contribution < -0.4 is 5.32 Å². The topological polar surface area (TPSA) is 42.0 Å². The lowest BCUT2D eigenvalue weighted by atomic mass is 9.83. The summed E-state index contributed by atoms with van der Waals surface area (Å²) >= 11 is 7.09. The molecule has 1 aromatic carbocycles. The van der Waals surface area contributed by atoms with Crippen molar-refractivity contribution < 1.29 is 4.79 Å². The smallest absolute Gasteiger partial charge is 0.257 e. The van der Waals surface area contributed by atoms with Gasteiger partial charge in [-0.3, -0.25) is 10.1 Å². The Morgan fingerprint density at radius 3 is 2.65 bits per heavy atom. The highest BCUT2D eigenvalue weighted by atomic mass is 35.5. The Morgan fingerprint density at radius 2 is 2.05 bits per heavy atom. The van der Waals surface area contributed by atoms with Crippen LogP contribution in [0, 0.1) is 0 Å². The van der Waals surface area contributed by atoms with Crippen LogP contribution in [0.3, 0.4) is 0 Å². The van der Waals surface area contributed by atoms with Crippen LogP contribution in [0.4, 0.5) is 5.13 Å². The van der Waals surface area contributed by atoms with Gasteiger partial charge in [0.2, 0.25) is 0 Å². The molecule has 0 spiro atoms. The van der Waals surface area contributed by atoms with Crippen LogP contribution in [0.5, 0.6) is 0 Å². The molecule has 1 aromatic heterocycles. The molecule has 0 aliphatic heterocycles. The highest BCUT2D eigenvalue weighted by Gasteiger charge is 2.21. The normalized spacial score (nSPS) is 11.4. The van der Waals surface area contributed by atoms with E-state index >= 15 is 0 Å². The molecule has 106 valence electrons. The molecule has 3 nitrogen and oxygen atoms in total. The number of rotatable bonds is 3. The van der Waals surface area contributed by atoms with Crippen LogP contribution in [0.2, 0.25) is 0 Å². The monoisotopic (exact) mass is 308 g/mol. The highest BCUT2D eigenvalue weighted by molar-refractivity contribution is 7.14. The molecule has 0 radical (unpaired) electrons. The number of amides is 1. The maximum Gasteiger partial charge on any atom is 0.257 e. The van der Waals surface area contributed by atoms with Gasteiger partial charge in [-0.15, -0.1) is 22.9 Å². The lowest BCUT2D eigenvalue weighted by Crippen LogP contribution is -2.20. The SMILES string of the molecule is CC(C)(C)c1ccccc1C(=O)Nc1nc(CCl)cs1. The van der Waals surface area contributed by atoms with Crippen molar-refractivity contribution in [1.29, 1.82) is 0 Å². The van der Waals surface area contributed by atoms with E-state index in [2.05, 4.69) is 31.1 Å². The molecule has 0 fully saturated rings. The van der Waals surface area contributed by atoms with Crippen LogP contribution in [0.15, 0.2) is 29.6 Å². The van der Waals surface area contributed by atoms with Gasteiger partial charge in [0.15, 0.2) is 5.13 Å². The van der Waals surface area contributed by atoms with E-state index < -0.39 is 0 Å². The summed E-state index contributed by atoms with van der Waals surface area (Å²) in [7, 11) is 0. The molecule has 2 aromatic rings. The summed E-state index contributed by atoms with van der Waals surface area (Å²) in [6.45, 7) is 6.27. The third-order valence-corrected chi connectivity index (χ3v) is 3.97. The Kier molecular flexibility index (Phi) is 4.45. The van der Waals surface area contributed by atoms with Crippen molar-refractivity contribution in [3.8, 4) is 0 Å². The summed E-state index contributed by atoms with van der Waals surface area (Å²) in [5.74, 6) is 0.219. The first-order chi connectivity index (χ1) is 9.41. The molecule has 1 heterocycles. The average Bonchev–Trinajstić information content (AvgIpc) is 2.85. The molecule has 0 aliphatic rings. The lowest BCUT2D eigenvalue weighted by molar-refractivity contribution is 0.102. The number of alkyl halides is 1. The zero-order chi connectivity index (χ0) is 14.8. The lowest BCUT2D eigenvalue weighted by Gasteiger charge is -2.22. The van der Waals surface area contributed by atoms with Crippen LogP contribution in [0.1, 0.15) is 42.4 Å². The second-order valence-electron chi connectivity index (χ2n) is 5.53. The number of halogens is 1. The highest BCUT2D eigenvalue weighted by Crippen LogP contribution is 2.26. The summed E-state index contributed by atoms with van der Waals surface area (Å²) in [5.41, 5.74) is 2.39. The first kappa shape index (κ1) is 15.0. The van der Waals surface area contributed by atoms with Gasteiger partial charge in [-0.1, -0.05) is 39.0 Å². The Labute approximate surface area is 128 Å². The van der Waals surface area contributed by atoms with Gasteiger partial charge in [0.1, 0.15) is 0 Å². The van der Waals surface area contributed by atoms with Crippen LogP contribution >= 0.6 is 22.9 Å². The standard InChI is InChI=1S/C15H17ClN2OS/c1-15(2,3)12-7-5-4-6-11(12)13(19)18-14-17-10(8-16)9-20-14/h4-7,9H,8H2,1-3H3,(H,17,18,19). The second kappa shape index (κ2) is 5.94. The Balaban J connectivity index is 2.25. The van der Waals surface area contributed by atoms with Gasteiger partial charge in [0, 0.05) is 10.9 Å². The summed E-state index contributed by atoms with van der Waals surface area (Å²) in [6.07, 6.45) is 0. The predicted octanol–water partition coefficient (Wildman–Crippen LogP) is 4.43. The number of hydrogen-bond donors (Lipinski definition) is 1. The molecule has 1 amide bonds. The van der Waals surface area contributed by atoms with Crippen molar-refractivity contribution in [3.05, 3.63) is 46.5 Å². The van der Waals surface area contributed by atoms with Crippen molar-refractivity contribution in [2.24, 2.45) is 0 Å². The minimum atomic E-state index is -0.133. The molecule has 0 unspecified atom stereocenters. The molecule has 5 heteroatoms. The van der Waals surface area contributed by atoms with Crippen molar-refractivity contribution in [2.75, 3.05) is 5.32 Å². The fraction of sp³-hybridized carbons (Fsp3) is 0.333. The zero-order valence-corrected chi connectivity index (χ0v) is 13.3. The van der Waals surface area contributed by atoms with E-state index in [0.29, 0.717) is 16.6 Å². The molecule has 0 saturated carbocycles. The van der Waals surface area contributed by atoms with Crippen molar-refractivity contribution in [1.82, 2.24) is 4.98 Å². The van der Waals surface area contributed by atoms with Crippen LogP contribution in [0.25, 0.3) is 0 Å². The summed E-state index contributed by atoms with van der Waals surface area (Å²) in [5, 5.41) is 5.26. The van der Waals surface area contributed by atoms with Crippen molar-refractivity contribution >= 4 is 34.0 Å². The average molecular weight is 309 g/mol. The number of carbonyl (C=O) groups is 1. The first-order valence-corrected chi connectivity index (χ1v) is 7.74. The second-order valence-corrected chi connectivity index (χ2v) is 6.65. The number of anilines is 1. The molecule has 0 aliphatic carbocycles. The zero-order valence-electron chi connectivity index (χ0n) is 11.7. The minimum Gasteiger partial charge on any atom is -0.298 e. The van der Waals surface area contributed by atoms with Crippen molar-refractivity contribution in [3.63, 3.8) is 0 Å². The number of hydrogen-bond acceptors (Lipinski definition) is 3. The van der Waals surface area contributed by atoms with E-state index in [9.17, 15) is 4.79 Å². The largest absolute Gasteiger partial charge is 0.298 e. The van der Waals surface area contributed by atoms with E-state index in [1.54, 1.807) is 0 Å². The minimum absolute atomic E-state index is 0.0852. The first-order valence-electron chi connectivity index (χ1n) is 6.33. The summed E-state index contributed by atoms with van der Waals surface area (Å²) in [4.78, 5) is 16.6. The Bertz CT molecular complexity index is 616. The molecule has 0 atom stereocenters. The van der Waals surface area contributed by atoms with Gasteiger partial charge < -0.3 is 0 Å².